The molecule has 0 bridgehead atoms. The van der Waals surface area contributed by atoms with Crippen molar-refractivity contribution in [1.29, 1.82) is 0 Å². The summed E-state index contributed by atoms with van der Waals surface area (Å²) in [6, 6.07) is 4.65. The summed E-state index contributed by atoms with van der Waals surface area (Å²) in [6.45, 7) is 5.47. The fraction of sp³-hybridized carbons (Fsp3) is 0.214. The van der Waals surface area contributed by atoms with E-state index in [1.54, 1.807) is 24.4 Å². The van der Waals surface area contributed by atoms with E-state index in [4.69, 9.17) is 0 Å². The van der Waals surface area contributed by atoms with Gasteiger partial charge in [0, 0.05) is 16.3 Å². The lowest BCUT2D eigenvalue weighted by Crippen LogP contribution is -2.13. The first kappa shape index (κ1) is 14.2. The van der Waals surface area contributed by atoms with E-state index < -0.39 is 4.92 Å². The number of nitrogens with zero attached hydrogens (tertiary/aromatic N) is 1. The maximum atomic E-state index is 12.2. The SMILES string of the molecule is Cc1scc(C(=O)Nc2cccc([N+](=O)[O-])c2C)c1C. The van der Waals surface area contributed by atoms with Gasteiger partial charge in [0.05, 0.1) is 21.7 Å². The Labute approximate surface area is 120 Å². The molecule has 0 saturated heterocycles. The van der Waals surface area contributed by atoms with Gasteiger partial charge in [0.2, 0.25) is 0 Å². The summed E-state index contributed by atoms with van der Waals surface area (Å²) in [5.74, 6) is -0.240. The lowest BCUT2D eigenvalue weighted by molar-refractivity contribution is -0.385. The minimum Gasteiger partial charge on any atom is -0.321 e. The van der Waals surface area contributed by atoms with Crippen molar-refractivity contribution in [3.63, 3.8) is 0 Å². The van der Waals surface area contributed by atoms with Crippen LogP contribution in [-0.4, -0.2) is 10.8 Å². The van der Waals surface area contributed by atoms with Crippen molar-refractivity contribution in [1.82, 2.24) is 0 Å². The highest BCUT2D eigenvalue weighted by molar-refractivity contribution is 7.10. The van der Waals surface area contributed by atoms with Gasteiger partial charge in [-0.15, -0.1) is 11.3 Å². The fourth-order valence-corrected chi connectivity index (χ4v) is 2.75. The number of thiophene rings is 1. The second-order valence-corrected chi connectivity index (χ2v) is 5.58. The van der Waals surface area contributed by atoms with Crippen LogP contribution in [0.4, 0.5) is 11.4 Å². The molecule has 0 spiro atoms. The first-order valence-electron chi connectivity index (χ1n) is 6.02. The first-order chi connectivity index (χ1) is 9.41. The average molecular weight is 290 g/mol. The van der Waals surface area contributed by atoms with E-state index in [2.05, 4.69) is 5.32 Å². The van der Waals surface area contributed by atoms with Gasteiger partial charge in [-0.05, 0) is 32.4 Å². The maximum Gasteiger partial charge on any atom is 0.274 e. The van der Waals surface area contributed by atoms with Crippen molar-refractivity contribution >= 4 is 28.6 Å². The van der Waals surface area contributed by atoms with Crippen molar-refractivity contribution in [2.24, 2.45) is 0 Å². The quantitative estimate of drug-likeness (QED) is 0.689. The van der Waals surface area contributed by atoms with Crippen LogP contribution in [0.3, 0.4) is 0 Å². The monoisotopic (exact) mass is 290 g/mol. The number of hydrogen-bond acceptors (Lipinski definition) is 4. The van der Waals surface area contributed by atoms with E-state index in [1.807, 2.05) is 13.8 Å². The van der Waals surface area contributed by atoms with Gasteiger partial charge in [-0.1, -0.05) is 6.07 Å². The third-order valence-corrected chi connectivity index (χ3v) is 4.29. The van der Waals surface area contributed by atoms with E-state index in [-0.39, 0.29) is 11.6 Å². The van der Waals surface area contributed by atoms with Crippen molar-refractivity contribution in [3.05, 3.63) is 55.3 Å². The number of nitro groups is 1. The molecule has 0 aliphatic carbocycles. The third kappa shape index (κ3) is 2.55. The molecule has 0 aliphatic heterocycles. The Hall–Kier alpha value is -2.21. The number of rotatable bonds is 3. The van der Waals surface area contributed by atoms with Gasteiger partial charge in [-0.2, -0.15) is 0 Å². The normalized spacial score (nSPS) is 10.3. The number of hydrogen-bond donors (Lipinski definition) is 1. The Bertz CT molecular complexity index is 692. The van der Waals surface area contributed by atoms with Crippen molar-refractivity contribution in [3.8, 4) is 0 Å². The van der Waals surface area contributed by atoms with Gasteiger partial charge in [0.25, 0.3) is 11.6 Å². The Kier molecular flexibility index (Phi) is 3.85. The first-order valence-corrected chi connectivity index (χ1v) is 6.90. The number of nitro benzene ring substituents is 1. The van der Waals surface area contributed by atoms with E-state index >= 15 is 0 Å². The Morgan fingerprint density at radius 1 is 1.25 bits per heavy atom. The van der Waals surface area contributed by atoms with Gasteiger partial charge in [0.1, 0.15) is 0 Å². The lowest BCUT2D eigenvalue weighted by Gasteiger charge is -2.08. The Balaban J connectivity index is 2.31. The summed E-state index contributed by atoms with van der Waals surface area (Å²) >= 11 is 1.51. The minimum absolute atomic E-state index is 0.000945. The van der Waals surface area contributed by atoms with Gasteiger partial charge in [0.15, 0.2) is 0 Å². The number of nitrogens with one attached hydrogen (secondary N) is 1. The summed E-state index contributed by atoms with van der Waals surface area (Å²) in [7, 11) is 0. The van der Waals surface area contributed by atoms with Crippen molar-refractivity contribution in [2.75, 3.05) is 5.32 Å². The highest BCUT2D eigenvalue weighted by Crippen LogP contribution is 2.27. The van der Waals surface area contributed by atoms with Crippen LogP contribution in [-0.2, 0) is 0 Å². The predicted molar refractivity (Wildman–Crippen MR) is 79.6 cm³/mol. The summed E-state index contributed by atoms with van der Waals surface area (Å²) in [5.41, 5.74) is 2.47. The van der Waals surface area contributed by atoms with Gasteiger partial charge in [-0.25, -0.2) is 0 Å². The summed E-state index contributed by atoms with van der Waals surface area (Å²) in [6.07, 6.45) is 0. The van der Waals surface area contributed by atoms with E-state index in [0.29, 0.717) is 16.8 Å². The third-order valence-electron chi connectivity index (χ3n) is 3.28. The standard InChI is InChI=1S/C14H14N2O3S/c1-8-10(3)20-7-11(8)14(17)15-12-5-4-6-13(9(12)2)16(18)19/h4-7H,1-3H3,(H,15,17). The van der Waals surface area contributed by atoms with Crippen molar-refractivity contribution < 1.29 is 9.72 Å². The number of benzene rings is 1. The van der Waals surface area contributed by atoms with Crippen LogP contribution >= 0.6 is 11.3 Å². The van der Waals surface area contributed by atoms with E-state index in [1.165, 1.54) is 17.4 Å². The molecular formula is C14H14N2O3S. The zero-order valence-electron chi connectivity index (χ0n) is 11.4. The molecule has 0 aliphatic rings. The molecule has 20 heavy (non-hydrogen) atoms. The van der Waals surface area contributed by atoms with E-state index in [9.17, 15) is 14.9 Å². The number of carbonyl (C=O) groups is 1. The molecule has 2 rings (SSSR count). The molecule has 1 aromatic heterocycles. The second-order valence-electron chi connectivity index (χ2n) is 4.49. The smallest absolute Gasteiger partial charge is 0.274 e. The maximum absolute atomic E-state index is 12.2. The molecule has 2 aromatic rings. The van der Waals surface area contributed by atoms with Crippen LogP contribution in [0.5, 0.6) is 0 Å². The molecule has 0 saturated carbocycles. The van der Waals surface area contributed by atoms with Crippen LogP contribution in [0.1, 0.15) is 26.4 Å². The summed E-state index contributed by atoms with van der Waals surface area (Å²) in [5, 5.41) is 15.4. The molecule has 0 atom stereocenters. The molecule has 1 N–H and O–H groups in total. The topological polar surface area (TPSA) is 72.2 Å². The van der Waals surface area contributed by atoms with E-state index in [0.717, 1.165) is 10.4 Å². The van der Waals surface area contributed by atoms with Crippen LogP contribution in [0.15, 0.2) is 23.6 Å². The number of carbonyl (C=O) groups excluding carboxylic acids is 1. The molecular weight excluding hydrogens is 276 g/mol. The summed E-state index contributed by atoms with van der Waals surface area (Å²) < 4.78 is 0. The molecule has 1 heterocycles. The zero-order valence-corrected chi connectivity index (χ0v) is 12.2. The Morgan fingerprint density at radius 3 is 2.50 bits per heavy atom. The highest BCUT2D eigenvalue weighted by Gasteiger charge is 2.17. The molecule has 6 heteroatoms. The predicted octanol–water partition coefficient (Wildman–Crippen LogP) is 3.83. The number of anilines is 1. The lowest BCUT2D eigenvalue weighted by atomic mass is 10.1. The van der Waals surface area contributed by atoms with Crippen LogP contribution in [0, 0.1) is 30.9 Å². The molecule has 0 unspecified atom stereocenters. The minimum atomic E-state index is -0.453. The number of aryl methyl sites for hydroxylation is 1. The van der Waals surface area contributed by atoms with Gasteiger partial charge in [-0.3, -0.25) is 14.9 Å². The largest absolute Gasteiger partial charge is 0.321 e. The van der Waals surface area contributed by atoms with Crippen LogP contribution in [0.25, 0.3) is 0 Å². The van der Waals surface area contributed by atoms with Gasteiger partial charge < -0.3 is 5.32 Å². The molecule has 104 valence electrons. The highest BCUT2D eigenvalue weighted by atomic mass is 32.1. The van der Waals surface area contributed by atoms with Gasteiger partial charge >= 0.3 is 0 Å². The molecule has 1 aromatic carbocycles. The molecule has 1 amide bonds. The van der Waals surface area contributed by atoms with Crippen molar-refractivity contribution in [2.45, 2.75) is 20.8 Å². The van der Waals surface area contributed by atoms with Crippen LogP contribution in [0.2, 0.25) is 0 Å². The molecule has 0 fully saturated rings. The molecule has 0 radical (unpaired) electrons. The fourth-order valence-electron chi connectivity index (χ4n) is 1.88. The number of amides is 1. The summed E-state index contributed by atoms with van der Waals surface area (Å²) in [4.78, 5) is 23.7. The average Bonchev–Trinajstić information content (AvgIpc) is 2.72. The second kappa shape index (κ2) is 5.42. The molecule has 5 nitrogen and oxygen atoms in total. The zero-order chi connectivity index (χ0) is 14.9. The van der Waals surface area contributed by atoms with Crippen LogP contribution < -0.4 is 5.32 Å². The Morgan fingerprint density at radius 2 is 1.95 bits per heavy atom.